The Morgan fingerprint density at radius 2 is 2.38 bits per heavy atom. The number of hydrogen-bond donors (Lipinski definition) is 1. The van der Waals surface area contributed by atoms with Crippen molar-refractivity contribution >= 4 is 28.6 Å². The summed E-state index contributed by atoms with van der Waals surface area (Å²) in [6.45, 7) is 2.93. The molecule has 112 valence electrons. The molecule has 2 aromatic heterocycles. The molecule has 3 rings (SSSR count). The zero-order valence-electron chi connectivity index (χ0n) is 11.7. The third-order valence-corrected chi connectivity index (χ3v) is 5.47. The number of carbonyl (C=O) groups is 1. The third-order valence-electron chi connectivity index (χ3n) is 3.84. The summed E-state index contributed by atoms with van der Waals surface area (Å²) >= 11 is 3.39. The molecule has 0 radical (unpaired) electrons. The lowest BCUT2D eigenvalue weighted by Crippen LogP contribution is -2.20. The molecule has 1 fully saturated rings. The highest BCUT2D eigenvalue weighted by Gasteiger charge is 2.23. The number of thiazole rings is 1. The highest BCUT2D eigenvalue weighted by molar-refractivity contribution is 7.14. The largest absolute Gasteiger partial charge is 0.481 e. The molecular formula is C15H18N2O2S2. The molecule has 0 bridgehead atoms. The van der Waals surface area contributed by atoms with Gasteiger partial charge in [-0.25, -0.2) is 4.98 Å². The Labute approximate surface area is 132 Å². The predicted octanol–water partition coefficient (Wildman–Crippen LogP) is 3.56. The van der Waals surface area contributed by atoms with Crippen molar-refractivity contribution in [3.8, 4) is 10.6 Å². The zero-order valence-corrected chi connectivity index (χ0v) is 13.3. The molecule has 3 heterocycles. The molecule has 21 heavy (non-hydrogen) atoms. The number of hydrogen-bond acceptors (Lipinski definition) is 5. The van der Waals surface area contributed by atoms with Gasteiger partial charge in [-0.3, -0.25) is 9.69 Å². The van der Waals surface area contributed by atoms with Crippen molar-refractivity contribution in [1.82, 2.24) is 9.88 Å². The van der Waals surface area contributed by atoms with Crippen molar-refractivity contribution in [3.05, 3.63) is 27.9 Å². The summed E-state index contributed by atoms with van der Waals surface area (Å²) in [7, 11) is 0. The molecule has 6 heteroatoms. The van der Waals surface area contributed by atoms with Gasteiger partial charge in [-0.05, 0) is 36.8 Å². The fraction of sp³-hybridized carbons (Fsp3) is 0.467. The topological polar surface area (TPSA) is 53.4 Å². The summed E-state index contributed by atoms with van der Waals surface area (Å²) in [5.74, 6) is -0.163. The molecule has 1 atom stereocenters. The Kier molecular flexibility index (Phi) is 4.67. The van der Waals surface area contributed by atoms with Crippen LogP contribution in [0.4, 0.5) is 0 Å². The first-order valence-corrected chi connectivity index (χ1v) is 8.94. The number of thiophene rings is 1. The highest BCUT2D eigenvalue weighted by atomic mass is 32.1. The smallest absolute Gasteiger partial charge is 0.303 e. The summed E-state index contributed by atoms with van der Waals surface area (Å²) in [6.07, 6.45) is 2.19. The SMILES string of the molecule is O=C(O)CCC1CCN(Cc2csc(-c3ccsc3)n2)C1. The molecule has 1 aliphatic heterocycles. The van der Waals surface area contributed by atoms with Gasteiger partial charge >= 0.3 is 5.97 Å². The Bertz CT molecular complexity index is 595. The van der Waals surface area contributed by atoms with Crippen molar-refractivity contribution < 1.29 is 9.90 Å². The molecule has 0 amide bonds. The van der Waals surface area contributed by atoms with Gasteiger partial charge in [-0.2, -0.15) is 11.3 Å². The maximum atomic E-state index is 10.6. The Balaban J connectivity index is 1.52. The summed E-state index contributed by atoms with van der Waals surface area (Å²) in [5.41, 5.74) is 2.33. The molecule has 0 saturated carbocycles. The van der Waals surface area contributed by atoms with Crippen molar-refractivity contribution in [1.29, 1.82) is 0 Å². The van der Waals surface area contributed by atoms with Crippen LogP contribution in [0.1, 0.15) is 25.0 Å². The maximum absolute atomic E-state index is 10.6. The van der Waals surface area contributed by atoms with Crippen LogP contribution in [0.5, 0.6) is 0 Å². The van der Waals surface area contributed by atoms with Gasteiger partial charge in [0.05, 0.1) is 5.69 Å². The van der Waals surface area contributed by atoms with Crippen LogP contribution in [0.3, 0.4) is 0 Å². The second kappa shape index (κ2) is 6.68. The number of likely N-dealkylation sites (tertiary alicyclic amines) is 1. The minimum atomic E-state index is -0.687. The monoisotopic (exact) mass is 322 g/mol. The first-order chi connectivity index (χ1) is 10.2. The number of nitrogens with zero attached hydrogens (tertiary/aromatic N) is 2. The van der Waals surface area contributed by atoms with E-state index < -0.39 is 5.97 Å². The lowest BCUT2D eigenvalue weighted by atomic mass is 10.0. The Morgan fingerprint density at radius 1 is 1.48 bits per heavy atom. The van der Waals surface area contributed by atoms with E-state index in [0.29, 0.717) is 5.92 Å². The minimum Gasteiger partial charge on any atom is -0.481 e. The van der Waals surface area contributed by atoms with Gasteiger partial charge in [0.25, 0.3) is 0 Å². The number of carboxylic acids is 1. The molecule has 1 unspecified atom stereocenters. The first-order valence-electron chi connectivity index (χ1n) is 7.12. The molecule has 1 N–H and O–H groups in total. The Morgan fingerprint density at radius 3 is 3.14 bits per heavy atom. The van der Waals surface area contributed by atoms with Gasteiger partial charge in [0.15, 0.2) is 0 Å². The fourth-order valence-corrected chi connectivity index (χ4v) is 4.27. The van der Waals surface area contributed by atoms with Crippen LogP contribution in [0.15, 0.2) is 22.2 Å². The molecule has 0 spiro atoms. The maximum Gasteiger partial charge on any atom is 0.303 e. The van der Waals surface area contributed by atoms with Crippen LogP contribution in [0.2, 0.25) is 0 Å². The minimum absolute atomic E-state index is 0.289. The second-order valence-electron chi connectivity index (χ2n) is 5.48. The van der Waals surface area contributed by atoms with E-state index in [0.717, 1.165) is 43.2 Å². The van der Waals surface area contributed by atoms with Crippen LogP contribution < -0.4 is 0 Å². The lowest BCUT2D eigenvalue weighted by molar-refractivity contribution is -0.137. The van der Waals surface area contributed by atoms with Gasteiger partial charge in [-0.1, -0.05) is 0 Å². The molecular weight excluding hydrogens is 304 g/mol. The van der Waals surface area contributed by atoms with Crippen molar-refractivity contribution in [2.24, 2.45) is 5.92 Å². The molecule has 0 aromatic carbocycles. The standard InChI is InChI=1S/C15H18N2O2S2/c18-14(19)2-1-11-3-5-17(7-11)8-13-10-21-15(16-13)12-4-6-20-9-12/h4,6,9-11H,1-3,5,7-8H2,(H,18,19). The van der Waals surface area contributed by atoms with Crippen molar-refractivity contribution in [2.45, 2.75) is 25.8 Å². The van der Waals surface area contributed by atoms with Crippen molar-refractivity contribution in [2.75, 3.05) is 13.1 Å². The van der Waals surface area contributed by atoms with Crippen LogP contribution in [-0.4, -0.2) is 34.0 Å². The van der Waals surface area contributed by atoms with Crippen LogP contribution in [0, 0.1) is 5.92 Å². The van der Waals surface area contributed by atoms with E-state index in [9.17, 15) is 4.79 Å². The van der Waals surface area contributed by atoms with E-state index in [-0.39, 0.29) is 6.42 Å². The van der Waals surface area contributed by atoms with E-state index in [1.807, 2.05) is 0 Å². The predicted molar refractivity (Wildman–Crippen MR) is 85.7 cm³/mol. The lowest BCUT2D eigenvalue weighted by Gasteiger charge is -2.14. The molecule has 1 saturated heterocycles. The van der Waals surface area contributed by atoms with E-state index in [2.05, 4.69) is 27.1 Å². The quantitative estimate of drug-likeness (QED) is 0.883. The molecule has 2 aromatic rings. The van der Waals surface area contributed by atoms with Gasteiger partial charge < -0.3 is 5.11 Å². The van der Waals surface area contributed by atoms with Crippen LogP contribution in [0.25, 0.3) is 10.6 Å². The molecule has 4 nitrogen and oxygen atoms in total. The summed E-state index contributed by atoms with van der Waals surface area (Å²) < 4.78 is 0. The Hall–Kier alpha value is -1.24. The van der Waals surface area contributed by atoms with Crippen LogP contribution in [-0.2, 0) is 11.3 Å². The zero-order chi connectivity index (χ0) is 14.7. The average Bonchev–Trinajstić information content (AvgIpc) is 3.18. The van der Waals surface area contributed by atoms with Gasteiger partial charge in [0.1, 0.15) is 5.01 Å². The van der Waals surface area contributed by atoms with Crippen LogP contribution >= 0.6 is 22.7 Å². The number of aromatic nitrogens is 1. The highest BCUT2D eigenvalue weighted by Crippen LogP contribution is 2.27. The normalized spacial score (nSPS) is 19.1. The van der Waals surface area contributed by atoms with Gasteiger partial charge in [0, 0.05) is 35.8 Å². The van der Waals surface area contributed by atoms with E-state index >= 15 is 0 Å². The third kappa shape index (κ3) is 3.90. The second-order valence-corrected chi connectivity index (χ2v) is 7.12. The molecule has 1 aliphatic rings. The fourth-order valence-electron chi connectivity index (χ4n) is 2.75. The van der Waals surface area contributed by atoms with E-state index in [1.165, 1.54) is 5.56 Å². The molecule has 0 aliphatic carbocycles. The van der Waals surface area contributed by atoms with E-state index in [4.69, 9.17) is 10.1 Å². The van der Waals surface area contributed by atoms with Gasteiger partial charge in [0.2, 0.25) is 0 Å². The summed E-state index contributed by atoms with van der Waals surface area (Å²) in [4.78, 5) is 17.7. The average molecular weight is 322 g/mol. The summed E-state index contributed by atoms with van der Waals surface area (Å²) in [5, 5.41) is 16.2. The van der Waals surface area contributed by atoms with Gasteiger partial charge in [-0.15, -0.1) is 11.3 Å². The van der Waals surface area contributed by atoms with Crippen molar-refractivity contribution in [3.63, 3.8) is 0 Å². The number of rotatable bonds is 6. The van der Waals surface area contributed by atoms with E-state index in [1.54, 1.807) is 22.7 Å². The first kappa shape index (κ1) is 14.7. The number of aliphatic carboxylic acids is 1. The summed E-state index contributed by atoms with van der Waals surface area (Å²) in [6, 6.07) is 2.10. The number of carboxylic acid groups (broad SMARTS) is 1.